The molecular weight excluding hydrogens is 536 g/mol. The predicted molar refractivity (Wildman–Crippen MR) is 171 cm³/mol. The van der Waals surface area contributed by atoms with Gasteiger partial charge in [-0.1, -0.05) is 78.9 Å². The molecule has 0 amide bonds. The summed E-state index contributed by atoms with van der Waals surface area (Å²) in [5, 5.41) is 21.8. The van der Waals surface area contributed by atoms with Gasteiger partial charge in [0.2, 0.25) is 5.36 Å². The van der Waals surface area contributed by atoms with Crippen molar-refractivity contribution in [2.75, 3.05) is 25.1 Å². The van der Waals surface area contributed by atoms with Gasteiger partial charge in [0.15, 0.2) is 6.54 Å². The van der Waals surface area contributed by atoms with Crippen molar-refractivity contribution >= 4 is 22.6 Å². The summed E-state index contributed by atoms with van der Waals surface area (Å²) in [6.07, 6.45) is 0. The standard InChI is InChI=1S/C37H32N2O4/c1-38(24-26-10-4-2-5-11-26)28-16-18-32-34(22-28)43-35-23-29(39(20-21-40)25-27-12-6-3-7-13-27)17-19-33(35)36(32)30-14-8-9-15-31(30)37(41)42/h2-19,22-23,40H,20-21,24-25H2,1H3/p+1. The second-order valence-electron chi connectivity index (χ2n) is 10.7. The predicted octanol–water partition coefficient (Wildman–Crippen LogP) is 6.50. The highest BCUT2D eigenvalue weighted by Crippen LogP contribution is 2.42. The third-order valence-electron chi connectivity index (χ3n) is 7.77. The molecule has 214 valence electrons. The monoisotopic (exact) mass is 569 g/mol. The summed E-state index contributed by atoms with van der Waals surface area (Å²) in [5.74, 6) is -0.320. The van der Waals surface area contributed by atoms with E-state index in [4.69, 9.17) is 4.42 Å². The molecule has 6 rings (SSSR count). The fraction of sp³-hybridized carbons (Fsp3) is 0.135. The second-order valence-corrected chi connectivity index (χ2v) is 10.7. The third-order valence-corrected chi connectivity index (χ3v) is 7.77. The Morgan fingerprint density at radius 3 is 2.21 bits per heavy atom. The average molecular weight is 570 g/mol. The van der Waals surface area contributed by atoms with Crippen LogP contribution in [0.3, 0.4) is 0 Å². The van der Waals surface area contributed by atoms with Gasteiger partial charge in [0.25, 0.3) is 0 Å². The molecule has 2 N–H and O–H groups in total. The molecule has 0 unspecified atom stereocenters. The molecule has 0 aromatic heterocycles. The normalized spacial score (nSPS) is 12.0. The number of aromatic carboxylic acids is 1. The number of carbonyl (C=O) groups is 1. The van der Waals surface area contributed by atoms with E-state index in [1.807, 2.05) is 85.9 Å². The number of carboxylic acid groups (broad SMARTS) is 1. The van der Waals surface area contributed by atoms with E-state index in [0.717, 1.165) is 39.7 Å². The van der Waals surface area contributed by atoms with E-state index in [1.54, 1.807) is 12.1 Å². The molecule has 0 atom stereocenters. The van der Waals surface area contributed by atoms with Crippen molar-refractivity contribution in [2.45, 2.75) is 13.1 Å². The molecule has 1 aliphatic carbocycles. The Morgan fingerprint density at radius 1 is 0.791 bits per heavy atom. The van der Waals surface area contributed by atoms with E-state index in [9.17, 15) is 15.0 Å². The zero-order valence-corrected chi connectivity index (χ0v) is 24.0. The van der Waals surface area contributed by atoms with Crippen LogP contribution < -0.4 is 14.8 Å². The first-order chi connectivity index (χ1) is 21.0. The lowest BCUT2D eigenvalue weighted by Crippen LogP contribution is -2.26. The van der Waals surface area contributed by atoms with Crippen molar-refractivity contribution in [3.8, 4) is 22.5 Å². The molecule has 0 fully saturated rings. The van der Waals surface area contributed by atoms with E-state index < -0.39 is 5.97 Å². The molecule has 0 bridgehead atoms. The van der Waals surface area contributed by atoms with Crippen molar-refractivity contribution in [3.63, 3.8) is 0 Å². The Morgan fingerprint density at radius 2 is 1.49 bits per heavy atom. The first-order valence-electron chi connectivity index (χ1n) is 14.3. The summed E-state index contributed by atoms with van der Waals surface area (Å²) in [6, 6.07) is 39.6. The number of carboxylic acids is 1. The summed E-state index contributed by atoms with van der Waals surface area (Å²) in [4.78, 5) is 14.4. The average Bonchev–Trinajstić information content (AvgIpc) is 3.04. The summed E-state index contributed by atoms with van der Waals surface area (Å²) < 4.78 is 8.77. The molecule has 6 heteroatoms. The van der Waals surface area contributed by atoms with E-state index in [2.05, 4.69) is 39.8 Å². The molecule has 0 saturated heterocycles. The van der Waals surface area contributed by atoms with Crippen LogP contribution in [0.5, 0.6) is 0 Å². The van der Waals surface area contributed by atoms with Crippen LogP contribution in [0.15, 0.2) is 126 Å². The highest BCUT2D eigenvalue weighted by atomic mass is 16.4. The van der Waals surface area contributed by atoms with Gasteiger partial charge >= 0.3 is 5.97 Å². The molecular formula is C37H33N2O4+. The smallest absolute Gasteiger partial charge is 0.336 e. The maximum absolute atomic E-state index is 12.3. The fourth-order valence-electron chi connectivity index (χ4n) is 5.65. The SMILES string of the molecule is C[N+](Cc1ccccc1)=c1ccc2c(-c3ccccc3C(=O)O)c3ccc(N(CCO)Cc4ccccc4)cc3oc-2c1. The number of hydrogen-bond acceptors (Lipinski definition) is 4. The molecule has 0 radical (unpaired) electrons. The summed E-state index contributed by atoms with van der Waals surface area (Å²) >= 11 is 0. The number of aliphatic hydroxyl groups excluding tert-OH is 1. The minimum atomic E-state index is -0.981. The van der Waals surface area contributed by atoms with Crippen LogP contribution in [0.1, 0.15) is 21.5 Å². The van der Waals surface area contributed by atoms with Crippen molar-refractivity contribution in [1.82, 2.24) is 4.58 Å². The second kappa shape index (κ2) is 12.3. The summed E-state index contributed by atoms with van der Waals surface area (Å²) in [7, 11) is 2.05. The van der Waals surface area contributed by atoms with E-state index >= 15 is 0 Å². The Balaban J connectivity index is 1.56. The largest absolute Gasteiger partial charge is 0.478 e. The highest BCUT2D eigenvalue weighted by Gasteiger charge is 2.22. The van der Waals surface area contributed by atoms with Crippen molar-refractivity contribution in [1.29, 1.82) is 0 Å². The fourth-order valence-corrected chi connectivity index (χ4v) is 5.65. The maximum atomic E-state index is 12.3. The Labute approximate surface area is 250 Å². The zero-order valence-electron chi connectivity index (χ0n) is 24.0. The van der Waals surface area contributed by atoms with Gasteiger partial charge < -0.3 is 19.5 Å². The summed E-state index contributed by atoms with van der Waals surface area (Å²) in [6.45, 7) is 1.82. The number of nitrogens with zero attached hydrogens (tertiary/aromatic N) is 2. The minimum Gasteiger partial charge on any atom is -0.478 e. The molecule has 6 nitrogen and oxygen atoms in total. The van der Waals surface area contributed by atoms with Crippen LogP contribution in [-0.4, -0.2) is 36.4 Å². The molecule has 0 saturated carbocycles. The molecule has 4 aromatic rings. The molecule has 2 aliphatic rings. The molecule has 1 heterocycles. The van der Waals surface area contributed by atoms with E-state index in [0.29, 0.717) is 30.0 Å². The molecule has 4 aromatic carbocycles. The van der Waals surface area contributed by atoms with Crippen LogP contribution >= 0.6 is 0 Å². The van der Waals surface area contributed by atoms with Crippen LogP contribution in [0.2, 0.25) is 0 Å². The van der Waals surface area contributed by atoms with Crippen LogP contribution in [-0.2, 0) is 13.1 Å². The van der Waals surface area contributed by atoms with Crippen LogP contribution in [0.25, 0.3) is 33.4 Å². The quantitative estimate of drug-likeness (QED) is 0.154. The molecule has 0 spiro atoms. The van der Waals surface area contributed by atoms with E-state index in [1.165, 1.54) is 5.56 Å². The van der Waals surface area contributed by atoms with Gasteiger partial charge in [-0.2, -0.15) is 0 Å². The maximum Gasteiger partial charge on any atom is 0.336 e. The van der Waals surface area contributed by atoms with Gasteiger partial charge in [-0.25, -0.2) is 9.37 Å². The lowest BCUT2D eigenvalue weighted by atomic mass is 9.90. The van der Waals surface area contributed by atoms with Crippen molar-refractivity contribution < 1.29 is 19.4 Å². The lowest BCUT2D eigenvalue weighted by Gasteiger charge is -2.25. The zero-order chi connectivity index (χ0) is 29.8. The Bertz CT molecular complexity index is 1930. The lowest BCUT2D eigenvalue weighted by molar-refractivity contribution is 0.0697. The van der Waals surface area contributed by atoms with Gasteiger partial charge in [0.05, 0.1) is 18.2 Å². The molecule has 1 aliphatic heterocycles. The third kappa shape index (κ3) is 5.92. The van der Waals surface area contributed by atoms with Crippen LogP contribution in [0, 0.1) is 0 Å². The van der Waals surface area contributed by atoms with Crippen LogP contribution in [0.4, 0.5) is 5.69 Å². The Hall–Kier alpha value is -5.20. The van der Waals surface area contributed by atoms with Crippen molar-refractivity contribution in [3.05, 3.63) is 143 Å². The topological polar surface area (TPSA) is 76.9 Å². The summed E-state index contributed by atoms with van der Waals surface area (Å²) in [5.41, 5.74) is 6.39. The number of aliphatic hydroxyl groups is 1. The minimum absolute atomic E-state index is 0.00802. The van der Waals surface area contributed by atoms with Gasteiger partial charge in [-0.15, -0.1) is 0 Å². The Kier molecular flexibility index (Phi) is 8.03. The number of anilines is 1. The van der Waals surface area contributed by atoms with Crippen molar-refractivity contribution in [2.24, 2.45) is 0 Å². The number of benzene rings is 5. The number of fused-ring (bicyclic) bond motifs is 2. The first kappa shape index (κ1) is 27.9. The number of rotatable bonds is 9. The molecule has 43 heavy (non-hydrogen) atoms. The van der Waals surface area contributed by atoms with Gasteiger partial charge in [0, 0.05) is 53.0 Å². The number of hydrogen-bond donors (Lipinski definition) is 2. The highest BCUT2D eigenvalue weighted by molar-refractivity contribution is 6.07. The first-order valence-corrected chi connectivity index (χ1v) is 14.3. The van der Waals surface area contributed by atoms with Gasteiger partial charge in [-0.05, 0) is 35.4 Å². The van der Waals surface area contributed by atoms with Gasteiger partial charge in [-0.3, -0.25) is 0 Å². The van der Waals surface area contributed by atoms with E-state index in [-0.39, 0.29) is 12.2 Å². The van der Waals surface area contributed by atoms with Gasteiger partial charge in [0.1, 0.15) is 18.4 Å².